The Labute approximate surface area is 291 Å². The van der Waals surface area contributed by atoms with Crippen molar-refractivity contribution in [1.29, 1.82) is 0 Å². The number of rotatable bonds is 19. The average molecular weight is 671 g/mol. The van der Waals surface area contributed by atoms with Crippen molar-refractivity contribution >= 4 is 0 Å². The molecule has 3 N–H and O–H groups in total. The van der Waals surface area contributed by atoms with Crippen molar-refractivity contribution in [3.05, 3.63) is 143 Å². The third-order valence-electron chi connectivity index (χ3n) is 9.80. The fraction of sp³-hybridized carbons (Fsp3) is 0.429. The zero-order valence-corrected chi connectivity index (χ0v) is 28.5. The van der Waals surface area contributed by atoms with Crippen molar-refractivity contribution in [2.45, 2.75) is 95.4 Å². The maximum Gasteiger partial charge on any atom is 0.126 e. The van der Waals surface area contributed by atoms with E-state index in [-0.39, 0.29) is 19.6 Å². The van der Waals surface area contributed by atoms with Gasteiger partial charge < -0.3 is 20.3 Å². The summed E-state index contributed by atoms with van der Waals surface area (Å²) in [5.74, 6) is -0.600. The lowest BCUT2D eigenvalue weighted by molar-refractivity contribution is -0.0600. The van der Waals surface area contributed by atoms with E-state index in [4.69, 9.17) is 4.74 Å². The lowest BCUT2D eigenvalue weighted by Crippen LogP contribution is -2.57. The standard InChI is InChI=1S/C42H52F2N2O3/c43-37-23-36(24-38(44)26-37)25-41(46(28-33-15-7-2-8-16-33)29-34-17-9-3-10-18-34)42(49-31-35-19-11-4-12-20-35)40(30-47)45-27-39(48)22-21-32-13-5-1-6-14-32/h2-4,7-12,15-20,23-24,26,32,39-42,45,47-48H,1,5-6,13-14,21-22,25,27-31H2. The van der Waals surface area contributed by atoms with E-state index in [1.165, 1.54) is 44.2 Å². The van der Waals surface area contributed by atoms with Crippen molar-refractivity contribution < 1.29 is 23.7 Å². The van der Waals surface area contributed by atoms with Crippen molar-refractivity contribution in [2.75, 3.05) is 13.2 Å². The molecule has 0 heterocycles. The molecular formula is C42H52F2N2O3. The topological polar surface area (TPSA) is 65.0 Å². The van der Waals surface area contributed by atoms with Crippen LogP contribution >= 0.6 is 0 Å². The highest BCUT2D eigenvalue weighted by molar-refractivity contribution is 5.22. The molecule has 0 aliphatic heterocycles. The second-order valence-electron chi connectivity index (χ2n) is 13.6. The molecule has 0 bridgehead atoms. The maximum atomic E-state index is 14.6. The van der Waals surface area contributed by atoms with Gasteiger partial charge in [-0.15, -0.1) is 0 Å². The number of benzene rings is 4. The number of aliphatic hydroxyl groups is 2. The van der Waals surface area contributed by atoms with Crippen LogP contribution < -0.4 is 5.32 Å². The lowest BCUT2D eigenvalue weighted by Gasteiger charge is -2.41. The van der Waals surface area contributed by atoms with E-state index in [0.29, 0.717) is 37.5 Å². The van der Waals surface area contributed by atoms with Crippen LogP contribution in [-0.2, 0) is 30.9 Å². The Morgan fingerprint density at radius 2 is 1.29 bits per heavy atom. The third kappa shape index (κ3) is 12.1. The van der Waals surface area contributed by atoms with Crippen LogP contribution in [0.3, 0.4) is 0 Å². The molecule has 4 aromatic rings. The summed E-state index contributed by atoms with van der Waals surface area (Å²) in [7, 11) is 0. The predicted molar refractivity (Wildman–Crippen MR) is 192 cm³/mol. The Morgan fingerprint density at radius 1 is 0.735 bits per heavy atom. The summed E-state index contributed by atoms with van der Waals surface area (Å²) >= 11 is 0. The lowest BCUT2D eigenvalue weighted by atomic mass is 9.85. The molecule has 1 aliphatic rings. The van der Waals surface area contributed by atoms with E-state index < -0.39 is 35.9 Å². The molecule has 0 radical (unpaired) electrons. The number of aliphatic hydroxyl groups excluding tert-OH is 2. The smallest absolute Gasteiger partial charge is 0.126 e. The Kier molecular flexibility index (Phi) is 14.8. The zero-order chi connectivity index (χ0) is 34.3. The SMILES string of the molecule is OCC(NCC(O)CCC1CCCCC1)C(OCc1ccccc1)C(Cc1cc(F)cc(F)c1)N(Cc1ccccc1)Cc1ccccc1. The zero-order valence-electron chi connectivity index (χ0n) is 28.5. The van der Waals surface area contributed by atoms with Gasteiger partial charge in [0, 0.05) is 31.7 Å². The quantitative estimate of drug-likeness (QED) is 0.0950. The van der Waals surface area contributed by atoms with Crippen molar-refractivity contribution in [2.24, 2.45) is 5.92 Å². The van der Waals surface area contributed by atoms with Gasteiger partial charge in [-0.3, -0.25) is 4.90 Å². The molecule has 4 aromatic carbocycles. The van der Waals surface area contributed by atoms with Crippen LogP contribution in [0.4, 0.5) is 8.78 Å². The second-order valence-corrected chi connectivity index (χ2v) is 13.6. The van der Waals surface area contributed by atoms with E-state index in [1.54, 1.807) is 0 Å². The molecule has 1 saturated carbocycles. The first-order valence-corrected chi connectivity index (χ1v) is 17.9. The summed E-state index contributed by atoms with van der Waals surface area (Å²) in [5, 5.41) is 25.5. The highest BCUT2D eigenvalue weighted by Gasteiger charge is 2.35. The van der Waals surface area contributed by atoms with Gasteiger partial charge in [-0.2, -0.15) is 0 Å². The molecule has 262 valence electrons. The minimum Gasteiger partial charge on any atom is -0.395 e. The molecule has 0 aromatic heterocycles. The van der Waals surface area contributed by atoms with E-state index in [1.807, 2.05) is 66.7 Å². The molecule has 0 spiro atoms. The highest BCUT2D eigenvalue weighted by Crippen LogP contribution is 2.28. The summed E-state index contributed by atoms with van der Waals surface area (Å²) in [6.45, 7) is 1.44. The Balaban J connectivity index is 1.47. The van der Waals surface area contributed by atoms with Crippen molar-refractivity contribution in [3.63, 3.8) is 0 Å². The van der Waals surface area contributed by atoms with Crippen molar-refractivity contribution in [3.8, 4) is 0 Å². The number of ether oxygens (including phenoxy) is 1. The van der Waals surface area contributed by atoms with Crippen LogP contribution in [0.1, 0.15) is 67.2 Å². The maximum absolute atomic E-state index is 14.6. The van der Waals surface area contributed by atoms with Gasteiger partial charge in [-0.05, 0) is 59.6 Å². The minimum atomic E-state index is -0.633. The Hall–Kier alpha value is -3.46. The van der Waals surface area contributed by atoms with Gasteiger partial charge in [-0.1, -0.05) is 123 Å². The summed E-state index contributed by atoms with van der Waals surface area (Å²) in [4.78, 5) is 2.28. The van der Waals surface area contributed by atoms with Crippen LogP contribution in [-0.4, -0.2) is 52.6 Å². The molecule has 1 aliphatic carbocycles. The van der Waals surface area contributed by atoms with Gasteiger partial charge in [0.15, 0.2) is 0 Å². The van der Waals surface area contributed by atoms with Gasteiger partial charge in [-0.25, -0.2) is 8.78 Å². The first-order chi connectivity index (χ1) is 24.0. The molecule has 0 amide bonds. The molecular weight excluding hydrogens is 618 g/mol. The molecule has 0 saturated heterocycles. The number of nitrogens with one attached hydrogen (secondary N) is 1. The molecule has 5 nitrogen and oxygen atoms in total. The van der Waals surface area contributed by atoms with E-state index in [2.05, 4.69) is 34.5 Å². The molecule has 1 fully saturated rings. The minimum absolute atomic E-state index is 0.243. The normalized spacial score (nSPS) is 16.3. The van der Waals surface area contributed by atoms with Gasteiger partial charge in [0.1, 0.15) is 11.6 Å². The van der Waals surface area contributed by atoms with Gasteiger partial charge in [0.2, 0.25) is 0 Å². The first kappa shape index (κ1) is 36.8. The first-order valence-electron chi connectivity index (χ1n) is 17.9. The molecule has 5 rings (SSSR count). The highest BCUT2D eigenvalue weighted by atomic mass is 19.1. The summed E-state index contributed by atoms with van der Waals surface area (Å²) < 4.78 is 36.0. The van der Waals surface area contributed by atoms with Crippen LogP contribution in [0.5, 0.6) is 0 Å². The van der Waals surface area contributed by atoms with Crippen molar-refractivity contribution in [1.82, 2.24) is 10.2 Å². The van der Waals surface area contributed by atoms with Gasteiger partial charge >= 0.3 is 0 Å². The Bertz CT molecular complexity index is 1430. The molecule has 4 unspecified atom stereocenters. The average Bonchev–Trinajstić information content (AvgIpc) is 3.12. The van der Waals surface area contributed by atoms with E-state index >= 15 is 0 Å². The third-order valence-corrected chi connectivity index (χ3v) is 9.80. The number of hydrogen-bond donors (Lipinski definition) is 3. The predicted octanol–water partition coefficient (Wildman–Crippen LogP) is 7.84. The second kappa shape index (κ2) is 19.7. The molecule has 7 heteroatoms. The molecule has 4 atom stereocenters. The van der Waals surface area contributed by atoms with E-state index in [9.17, 15) is 19.0 Å². The fourth-order valence-electron chi connectivity index (χ4n) is 7.19. The van der Waals surface area contributed by atoms with Crippen LogP contribution in [0.15, 0.2) is 109 Å². The van der Waals surface area contributed by atoms with E-state index in [0.717, 1.165) is 29.2 Å². The number of nitrogens with zero attached hydrogens (tertiary/aromatic N) is 1. The van der Waals surface area contributed by atoms with Crippen LogP contribution in [0.25, 0.3) is 0 Å². The monoisotopic (exact) mass is 670 g/mol. The summed E-state index contributed by atoms with van der Waals surface area (Å²) in [6.07, 6.45) is 7.10. The largest absolute Gasteiger partial charge is 0.395 e. The number of halogens is 2. The number of hydrogen-bond acceptors (Lipinski definition) is 5. The van der Waals surface area contributed by atoms with Crippen LogP contribution in [0, 0.1) is 17.6 Å². The van der Waals surface area contributed by atoms with Crippen LogP contribution in [0.2, 0.25) is 0 Å². The fourth-order valence-corrected chi connectivity index (χ4v) is 7.19. The van der Waals surface area contributed by atoms with Gasteiger partial charge in [0.25, 0.3) is 0 Å². The molecule has 49 heavy (non-hydrogen) atoms. The summed E-state index contributed by atoms with van der Waals surface area (Å²) in [6, 6.07) is 32.8. The van der Waals surface area contributed by atoms with Gasteiger partial charge in [0.05, 0.1) is 31.5 Å². The Morgan fingerprint density at radius 3 is 1.84 bits per heavy atom. The summed E-state index contributed by atoms with van der Waals surface area (Å²) in [5.41, 5.74) is 3.65.